The summed E-state index contributed by atoms with van der Waals surface area (Å²) in [5, 5.41) is 4.17. The van der Waals surface area contributed by atoms with Crippen LogP contribution in [0.15, 0.2) is 0 Å². The van der Waals surface area contributed by atoms with E-state index in [4.69, 9.17) is 16.3 Å². The van der Waals surface area contributed by atoms with Crippen molar-refractivity contribution in [2.24, 2.45) is 0 Å². The molecule has 0 aliphatic carbocycles. The van der Waals surface area contributed by atoms with Crippen molar-refractivity contribution >= 4 is 17.9 Å². The number of aldehydes is 1. The van der Waals surface area contributed by atoms with E-state index in [0.717, 1.165) is 13.0 Å². The molecule has 2 heterocycles. The second-order valence-electron chi connectivity index (χ2n) is 2.55. The predicted octanol–water partition coefficient (Wildman–Crippen LogP) is 1.13. The van der Waals surface area contributed by atoms with Gasteiger partial charge in [0, 0.05) is 13.0 Å². The van der Waals surface area contributed by atoms with Crippen molar-refractivity contribution in [1.82, 2.24) is 9.78 Å². The van der Waals surface area contributed by atoms with Crippen LogP contribution in [0.4, 0.5) is 0 Å². The molecule has 64 valence electrons. The second-order valence-corrected chi connectivity index (χ2v) is 2.91. The van der Waals surface area contributed by atoms with Gasteiger partial charge < -0.3 is 4.74 Å². The quantitative estimate of drug-likeness (QED) is 0.618. The van der Waals surface area contributed by atoms with Crippen LogP contribution in [0.25, 0.3) is 0 Å². The van der Waals surface area contributed by atoms with Gasteiger partial charge in [-0.05, 0) is 0 Å². The zero-order valence-corrected chi connectivity index (χ0v) is 7.04. The molecule has 0 saturated heterocycles. The normalized spacial score (nSPS) is 15.1. The maximum atomic E-state index is 10.5. The van der Waals surface area contributed by atoms with Crippen LogP contribution >= 0.6 is 11.6 Å². The molecule has 0 aromatic carbocycles. The molecular formula is C7H7ClN2O2. The van der Waals surface area contributed by atoms with Crippen LogP contribution in [0.5, 0.6) is 5.88 Å². The molecule has 0 atom stereocenters. The molecule has 1 aromatic heterocycles. The number of carbonyl (C=O) groups is 1. The van der Waals surface area contributed by atoms with E-state index in [1.165, 1.54) is 0 Å². The van der Waals surface area contributed by atoms with Gasteiger partial charge in [-0.1, -0.05) is 11.6 Å². The molecule has 0 bridgehead atoms. The van der Waals surface area contributed by atoms with Crippen molar-refractivity contribution < 1.29 is 9.53 Å². The highest BCUT2D eigenvalue weighted by atomic mass is 35.5. The Labute approximate surface area is 74.1 Å². The van der Waals surface area contributed by atoms with Crippen LogP contribution < -0.4 is 4.74 Å². The van der Waals surface area contributed by atoms with E-state index in [2.05, 4.69) is 5.10 Å². The van der Waals surface area contributed by atoms with Crippen molar-refractivity contribution in [3.63, 3.8) is 0 Å². The molecule has 2 rings (SSSR count). The minimum absolute atomic E-state index is 0.224. The van der Waals surface area contributed by atoms with E-state index in [-0.39, 0.29) is 5.15 Å². The van der Waals surface area contributed by atoms with Crippen LogP contribution in [0.3, 0.4) is 0 Å². The lowest BCUT2D eigenvalue weighted by atomic mass is 10.3. The molecule has 0 saturated carbocycles. The van der Waals surface area contributed by atoms with Gasteiger partial charge in [0.15, 0.2) is 11.4 Å². The third-order valence-corrected chi connectivity index (χ3v) is 2.05. The number of carbonyl (C=O) groups excluding carboxylic acids is 1. The minimum Gasteiger partial charge on any atom is -0.477 e. The maximum Gasteiger partial charge on any atom is 0.224 e. The molecule has 0 unspecified atom stereocenters. The molecule has 12 heavy (non-hydrogen) atoms. The van der Waals surface area contributed by atoms with Gasteiger partial charge in [0.05, 0.1) is 6.61 Å². The highest BCUT2D eigenvalue weighted by Crippen LogP contribution is 2.26. The summed E-state index contributed by atoms with van der Waals surface area (Å²) in [5.41, 5.74) is 0.358. The third kappa shape index (κ3) is 0.992. The molecule has 0 radical (unpaired) electrons. The van der Waals surface area contributed by atoms with Gasteiger partial charge in [-0.2, -0.15) is 5.10 Å². The average molecular weight is 187 g/mol. The van der Waals surface area contributed by atoms with E-state index in [9.17, 15) is 4.79 Å². The van der Waals surface area contributed by atoms with Crippen molar-refractivity contribution in [3.05, 3.63) is 10.7 Å². The lowest BCUT2D eigenvalue weighted by Crippen LogP contribution is -2.15. The number of fused-ring (bicyclic) bond motifs is 1. The molecule has 0 N–H and O–H groups in total. The minimum atomic E-state index is 0.224. The van der Waals surface area contributed by atoms with Gasteiger partial charge in [-0.15, -0.1) is 0 Å². The van der Waals surface area contributed by atoms with Gasteiger partial charge in [0.25, 0.3) is 0 Å². The van der Waals surface area contributed by atoms with Crippen molar-refractivity contribution in [2.45, 2.75) is 13.0 Å². The van der Waals surface area contributed by atoms with Crippen LogP contribution in [0.2, 0.25) is 5.15 Å². The van der Waals surface area contributed by atoms with Crippen LogP contribution in [-0.2, 0) is 6.54 Å². The van der Waals surface area contributed by atoms with Gasteiger partial charge >= 0.3 is 0 Å². The molecule has 0 fully saturated rings. The van der Waals surface area contributed by atoms with E-state index in [1.54, 1.807) is 4.68 Å². The Morgan fingerprint density at radius 3 is 3.25 bits per heavy atom. The zero-order chi connectivity index (χ0) is 8.55. The summed E-state index contributed by atoms with van der Waals surface area (Å²) in [4.78, 5) is 10.5. The van der Waals surface area contributed by atoms with Gasteiger partial charge in [0.2, 0.25) is 5.88 Å². The van der Waals surface area contributed by atoms with Crippen molar-refractivity contribution in [3.8, 4) is 5.88 Å². The van der Waals surface area contributed by atoms with E-state index >= 15 is 0 Å². The fourth-order valence-electron chi connectivity index (χ4n) is 1.22. The SMILES string of the molecule is O=Cc1c(Cl)nn2c1OCCC2. The number of aryl methyl sites for hydroxylation is 1. The van der Waals surface area contributed by atoms with E-state index in [0.29, 0.717) is 24.3 Å². The number of nitrogens with zero attached hydrogens (tertiary/aromatic N) is 2. The molecule has 5 heteroatoms. The molecule has 1 aliphatic rings. The highest BCUT2D eigenvalue weighted by Gasteiger charge is 2.19. The Morgan fingerprint density at radius 1 is 1.67 bits per heavy atom. The number of hydrogen-bond donors (Lipinski definition) is 0. The Bertz CT molecular complexity index is 321. The summed E-state index contributed by atoms with van der Waals surface area (Å²) in [6.07, 6.45) is 1.58. The number of rotatable bonds is 1. The zero-order valence-electron chi connectivity index (χ0n) is 6.29. The Hall–Kier alpha value is -1.03. The third-order valence-electron chi connectivity index (χ3n) is 1.77. The Balaban J connectivity index is 2.53. The molecule has 1 aliphatic heterocycles. The maximum absolute atomic E-state index is 10.5. The van der Waals surface area contributed by atoms with Crippen molar-refractivity contribution in [1.29, 1.82) is 0 Å². The summed E-state index contributed by atoms with van der Waals surface area (Å²) >= 11 is 5.69. The highest BCUT2D eigenvalue weighted by molar-refractivity contribution is 6.32. The number of ether oxygens (including phenoxy) is 1. The van der Waals surface area contributed by atoms with Crippen molar-refractivity contribution in [2.75, 3.05) is 6.61 Å². The summed E-state index contributed by atoms with van der Waals surface area (Å²) in [7, 11) is 0. The fraction of sp³-hybridized carbons (Fsp3) is 0.429. The Kier molecular flexibility index (Phi) is 1.77. The van der Waals surface area contributed by atoms with Crippen LogP contribution in [0, 0.1) is 0 Å². The molecule has 1 aromatic rings. The summed E-state index contributed by atoms with van der Waals surface area (Å²) in [5.74, 6) is 0.501. The smallest absolute Gasteiger partial charge is 0.224 e. The largest absolute Gasteiger partial charge is 0.477 e. The lowest BCUT2D eigenvalue weighted by molar-refractivity contribution is 0.111. The van der Waals surface area contributed by atoms with Gasteiger partial charge in [0.1, 0.15) is 5.56 Å². The summed E-state index contributed by atoms with van der Waals surface area (Å²) in [6.45, 7) is 1.39. The predicted molar refractivity (Wildman–Crippen MR) is 42.7 cm³/mol. The fourth-order valence-corrected chi connectivity index (χ4v) is 1.44. The molecular weight excluding hydrogens is 180 g/mol. The molecule has 0 spiro atoms. The number of halogens is 1. The van der Waals surface area contributed by atoms with Crippen LogP contribution in [0.1, 0.15) is 16.8 Å². The summed E-state index contributed by atoms with van der Waals surface area (Å²) in [6, 6.07) is 0. The van der Waals surface area contributed by atoms with Crippen LogP contribution in [-0.4, -0.2) is 22.7 Å². The first-order chi connectivity index (χ1) is 5.83. The molecule has 0 amide bonds. The van der Waals surface area contributed by atoms with Gasteiger partial charge in [-0.25, -0.2) is 4.68 Å². The summed E-state index contributed by atoms with van der Waals surface area (Å²) < 4.78 is 6.87. The topological polar surface area (TPSA) is 44.1 Å². The van der Waals surface area contributed by atoms with E-state index < -0.39 is 0 Å². The average Bonchev–Trinajstić information content (AvgIpc) is 2.40. The number of hydrogen-bond acceptors (Lipinski definition) is 3. The lowest BCUT2D eigenvalue weighted by Gasteiger charge is -2.14. The van der Waals surface area contributed by atoms with E-state index in [1.807, 2.05) is 0 Å². The standard InChI is InChI=1S/C7H7ClN2O2/c8-6-5(4-11)7-10(9-6)2-1-3-12-7/h4H,1-3H2. The Morgan fingerprint density at radius 2 is 2.50 bits per heavy atom. The first kappa shape index (κ1) is 7.61. The van der Waals surface area contributed by atoms with Gasteiger partial charge in [-0.3, -0.25) is 4.79 Å². The molecule has 4 nitrogen and oxygen atoms in total. The first-order valence-electron chi connectivity index (χ1n) is 3.67. The monoisotopic (exact) mass is 186 g/mol. The first-order valence-corrected chi connectivity index (χ1v) is 4.05. The number of aromatic nitrogens is 2. The second kappa shape index (κ2) is 2.79.